The fourth-order valence-electron chi connectivity index (χ4n) is 7.00. The number of Topliss-reactive ketones (excluding diaryl/α,β-unsaturated/α-hetero) is 1. The number of ketones is 1. The fraction of sp³-hybridized carbons (Fsp3) is 0.800. The summed E-state index contributed by atoms with van der Waals surface area (Å²) in [6.45, 7) is 6.53. The summed E-state index contributed by atoms with van der Waals surface area (Å²) < 4.78 is 0. The Morgan fingerprint density at radius 2 is 1.91 bits per heavy atom. The molecule has 0 aromatic rings. The van der Waals surface area contributed by atoms with Gasteiger partial charge in [0, 0.05) is 17.4 Å². The maximum Gasteiger partial charge on any atom is 0.243 e. The van der Waals surface area contributed by atoms with Crippen LogP contribution >= 0.6 is 0 Å². The van der Waals surface area contributed by atoms with E-state index in [0.29, 0.717) is 23.7 Å². The molecule has 4 rings (SSSR count). The van der Waals surface area contributed by atoms with Crippen LogP contribution in [-0.2, 0) is 9.59 Å². The maximum absolute atomic E-state index is 12.1. The van der Waals surface area contributed by atoms with Crippen molar-refractivity contribution < 1.29 is 9.59 Å². The average molecular weight is 315 g/mol. The predicted molar refractivity (Wildman–Crippen MR) is 89.6 cm³/mol. The Kier molecular flexibility index (Phi) is 3.31. The summed E-state index contributed by atoms with van der Waals surface area (Å²) in [7, 11) is 0. The molecule has 0 bridgehead atoms. The van der Waals surface area contributed by atoms with Gasteiger partial charge in [0.15, 0.2) is 0 Å². The van der Waals surface area contributed by atoms with Gasteiger partial charge in [-0.15, -0.1) is 0 Å². The van der Waals surface area contributed by atoms with Gasteiger partial charge in [-0.3, -0.25) is 9.59 Å². The Labute approximate surface area is 139 Å². The third-order valence-electron chi connectivity index (χ3n) is 8.18. The molecule has 4 unspecified atom stereocenters. The minimum atomic E-state index is 0.0732. The number of fused-ring (bicyclic) bond motifs is 5. The van der Waals surface area contributed by atoms with Gasteiger partial charge < -0.3 is 5.32 Å². The van der Waals surface area contributed by atoms with E-state index >= 15 is 0 Å². The average Bonchev–Trinajstić information content (AvgIpc) is 2.85. The largest absolute Gasteiger partial charge is 0.349 e. The Morgan fingerprint density at radius 1 is 1.13 bits per heavy atom. The van der Waals surface area contributed by atoms with E-state index in [9.17, 15) is 9.59 Å². The molecule has 0 radical (unpaired) electrons. The Hall–Kier alpha value is -1.12. The van der Waals surface area contributed by atoms with E-state index in [4.69, 9.17) is 0 Å². The van der Waals surface area contributed by atoms with E-state index in [1.54, 1.807) is 13.0 Å². The molecule has 0 aromatic carbocycles. The number of hydrogen-bond acceptors (Lipinski definition) is 2. The van der Waals surface area contributed by atoms with Crippen molar-refractivity contribution in [1.82, 2.24) is 5.32 Å². The molecule has 3 heteroatoms. The summed E-state index contributed by atoms with van der Waals surface area (Å²) in [5.74, 6) is 2.82. The van der Waals surface area contributed by atoms with Crippen molar-refractivity contribution in [2.45, 2.75) is 65.3 Å². The number of carbonyl (C=O) groups excluding carboxylic acids is 2. The van der Waals surface area contributed by atoms with Crippen molar-refractivity contribution in [1.29, 1.82) is 0 Å². The highest BCUT2D eigenvalue weighted by atomic mass is 16.1. The number of amides is 1. The highest BCUT2D eigenvalue weighted by molar-refractivity contribution is 5.89. The summed E-state index contributed by atoms with van der Waals surface area (Å²) in [5, 5.41) is 3.21. The van der Waals surface area contributed by atoms with Gasteiger partial charge in [0.1, 0.15) is 5.78 Å². The highest BCUT2D eigenvalue weighted by Crippen LogP contribution is 2.65. The van der Waals surface area contributed by atoms with Crippen LogP contribution in [0.1, 0.15) is 59.3 Å². The van der Waals surface area contributed by atoms with Gasteiger partial charge >= 0.3 is 0 Å². The molecule has 3 nitrogen and oxygen atoms in total. The minimum absolute atomic E-state index is 0.0732. The van der Waals surface area contributed by atoms with Crippen LogP contribution in [0, 0.1) is 34.5 Å². The number of nitrogens with one attached hydrogen (secondary N) is 1. The number of hydrogen-bond donors (Lipinski definition) is 1. The molecule has 0 aromatic heterocycles. The van der Waals surface area contributed by atoms with E-state index in [1.807, 2.05) is 0 Å². The number of carbonyl (C=O) groups is 2. The molecule has 1 N–H and O–H groups in total. The van der Waals surface area contributed by atoms with Gasteiger partial charge in [0.2, 0.25) is 5.91 Å². The summed E-state index contributed by atoms with van der Waals surface area (Å²) in [4.78, 5) is 23.9. The molecule has 23 heavy (non-hydrogen) atoms. The lowest BCUT2D eigenvalue weighted by atomic mass is 9.48. The van der Waals surface area contributed by atoms with Gasteiger partial charge in [-0.25, -0.2) is 0 Å². The molecule has 0 spiro atoms. The normalized spacial score (nSPS) is 51.4. The predicted octanol–water partition coefficient (Wildman–Crippen LogP) is 3.49. The highest BCUT2D eigenvalue weighted by Gasteiger charge is 2.60. The van der Waals surface area contributed by atoms with Crippen LogP contribution in [0.4, 0.5) is 0 Å². The minimum Gasteiger partial charge on any atom is -0.349 e. The van der Waals surface area contributed by atoms with Crippen LogP contribution in [0.5, 0.6) is 0 Å². The van der Waals surface area contributed by atoms with Crippen molar-refractivity contribution in [3.63, 3.8) is 0 Å². The van der Waals surface area contributed by atoms with Gasteiger partial charge in [0.05, 0.1) is 0 Å². The van der Waals surface area contributed by atoms with E-state index in [0.717, 1.165) is 18.8 Å². The summed E-state index contributed by atoms with van der Waals surface area (Å²) >= 11 is 0. The van der Waals surface area contributed by atoms with Crippen molar-refractivity contribution in [2.24, 2.45) is 34.5 Å². The maximum atomic E-state index is 12.1. The molecule has 1 aliphatic heterocycles. The standard InChI is InChI=1S/C20H29NO2/c1-12(22)14-5-6-15-13-4-7-17-20(3,11-9-18(23)21-17)16(13)8-10-19(14,15)2/h9,11,13-17H,4-8,10H2,1-3H3,(H,21,23)/t13?,14?,15-,16-,17+,19?,20?/m0/s1. The zero-order valence-electron chi connectivity index (χ0n) is 14.6. The molecular weight excluding hydrogens is 286 g/mol. The first-order valence-electron chi connectivity index (χ1n) is 9.36. The second-order valence-corrected chi connectivity index (χ2v) is 9.00. The fourth-order valence-corrected chi connectivity index (χ4v) is 7.00. The van der Waals surface area contributed by atoms with Gasteiger partial charge in [-0.2, -0.15) is 0 Å². The Morgan fingerprint density at radius 3 is 2.65 bits per heavy atom. The third-order valence-corrected chi connectivity index (χ3v) is 8.18. The van der Waals surface area contributed by atoms with Crippen molar-refractivity contribution in [3.8, 4) is 0 Å². The van der Waals surface area contributed by atoms with Crippen molar-refractivity contribution >= 4 is 11.7 Å². The van der Waals surface area contributed by atoms with Crippen LogP contribution in [0.3, 0.4) is 0 Å². The molecule has 4 aliphatic rings. The summed E-state index contributed by atoms with van der Waals surface area (Å²) in [5.41, 5.74) is 0.324. The molecule has 1 amide bonds. The molecule has 0 saturated heterocycles. The SMILES string of the molecule is CC(=O)C1CC[C@H]2C3CC[C@H]4NC(=O)C=CC4(C)[C@H]3CCC12C. The molecule has 1 heterocycles. The first-order valence-corrected chi connectivity index (χ1v) is 9.36. The van der Waals surface area contributed by atoms with Crippen LogP contribution in [0.25, 0.3) is 0 Å². The number of rotatable bonds is 1. The summed E-state index contributed by atoms with van der Waals surface area (Å²) in [6.07, 6.45) is 10.9. The zero-order chi connectivity index (χ0) is 16.4. The topological polar surface area (TPSA) is 46.2 Å². The Balaban J connectivity index is 1.66. The van der Waals surface area contributed by atoms with E-state index in [1.165, 1.54) is 25.7 Å². The van der Waals surface area contributed by atoms with E-state index in [-0.39, 0.29) is 22.7 Å². The second kappa shape index (κ2) is 4.94. The molecule has 3 saturated carbocycles. The molecular formula is C20H29NO2. The van der Waals surface area contributed by atoms with Crippen LogP contribution in [0.15, 0.2) is 12.2 Å². The second-order valence-electron chi connectivity index (χ2n) is 9.00. The molecule has 7 atom stereocenters. The third kappa shape index (κ3) is 2.01. The first kappa shape index (κ1) is 15.4. The van der Waals surface area contributed by atoms with E-state index < -0.39 is 0 Å². The zero-order valence-corrected chi connectivity index (χ0v) is 14.6. The lowest BCUT2D eigenvalue weighted by Crippen LogP contribution is -2.59. The Bertz CT molecular complexity index is 582. The van der Waals surface area contributed by atoms with Crippen LogP contribution in [-0.4, -0.2) is 17.7 Å². The van der Waals surface area contributed by atoms with Crippen LogP contribution in [0.2, 0.25) is 0 Å². The van der Waals surface area contributed by atoms with Gasteiger partial charge in [-0.1, -0.05) is 19.9 Å². The van der Waals surface area contributed by atoms with Crippen molar-refractivity contribution in [3.05, 3.63) is 12.2 Å². The molecule has 126 valence electrons. The lowest BCUT2D eigenvalue weighted by Gasteiger charge is -2.58. The smallest absolute Gasteiger partial charge is 0.243 e. The van der Waals surface area contributed by atoms with Gasteiger partial charge in [0.25, 0.3) is 0 Å². The molecule has 3 fully saturated rings. The van der Waals surface area contributed by atoms with Crippen LogP contribution < -0.4 is 5.32 Å². The quantitative estimate of drug-likeness (QED) is 0.805. The van der Waals surface area contributed by atoms with Gasteiger partial charge in [-0.05, 0) is 74.7 Å². The molecule has 3 aliphatic carbocycles. The van der Waals surface area contributed by atoms with Crippen molar-refractivity contribution in [2.75, 3.05) is 0 Å². The lowest BCUT2D eigenvalue weighted by molar-refractivity contribution is -0.130. The first-order chi connectivity index (χ1) is 10.9. The monoisotopic (exact) mass is 315 g/mol. The van der Waals surface area contributed by atoms with E-state index in [2.05, 4.69) is 25.2 Å². The summed E-state index contributed by atoms with van der Waals surface area (Å²) in [6, 6.07) is 0.301.